The number of aromatic amines is 1. The van der Waals surface area contributed by atoms with Gasteiger partial charge in [-0.05, 0) is 57.2 Å². The first-order chi connectivity index (χ1) is 14.0. The van der Waals surface area contributed by atoms with Crippen LogP contribution >= 0.6 is 0 Å². The number of nitrogens with one attached hydrogen (secondary N) is 3. The number of halogens is 1. The molecule has 2 saturated carbocycles. The van der Waals surface area contributed by atoms with E-state index in [1.165, 1.54) is 30.7 Å². The van der Waals surface area contributed by atoms with Crippen molar-refractivity contribution >= 4 is 17.5 Å². The molecule has 0 atom stereocenters. The van der Waals surface area contributed by atoms with Crippen molar-refractivity contribution in [1.29, 1.82) is 0 Å². The fourth-order valence-electron chi connectivity index (χ4n) is 3.51. The van der Waals surface area contributed by atoms with Crippen molar-refractivity contribution in [1.82, 2.24) is 20.2 Å². The van der Waals surface area contributed by atoms with Crippen LogP contribution in [0.15, 0.2) is 36.4 Å². The number of hydrogen-bond donors (Lipinski definition) is 3. The Labute approximate surface area is 169 Å². The third-order valence-corrected chi connectivity index (χ3v) is 5.56. The summed E-state index contributed by atoms with van der Waals surface area (Å²) in [7, 11) is 0. The molecule has 0 aliphatic heterocycles. The van der Waals surface area contributed by atoms with Gasteiger partial charge in [0.05, 0.1) is 5.54 Å². The first-order valence-corrected chi connectivity index (χ1v) is 10.2. The topological polar surface area (TPSA) is 78.5 Å². The fourth-order valence-corrected chi connectivity index (χ4v) is 3.51. The van der Waals surface area contributed by atoms with Crippen LogP contribution in [0.1, 0.15) is 68.4 Å². The van der Waals surface area contributed by atoms with E-state index in [1.807, 2.05) is 6.07 Å². The lowest BCUT2D eigenvalue weighted by molar-refractivity contribution is 0.594. The summed E-state index contributed by atoms with van der Waals surface area (Å²) >= 11 is 0. The maximum atomic E-state index is 13.3. The van der Waals surface area contributed by atoms with Crippen LogP contribution < -0.4 is 10.6 Å². The second-order valence-corrected chi connectivity index (χ2v) is 8.64. The highest BCUT2D eigenvalue weighted by Crippen LogP contribution is 2.41. The van der Waals surface area contributed by atoms with Crippen LogP contribution in [0.25, 0.3) is 0 Å². The second kappa shape index (κ2) is 6.83. The van der Waals surface area contributed by atoms with Gasteiger partial charge in [-0.15, -0.1) is 0 Å². The monoisotopic (exact) mass is 392 g/mol. The highest BCUT2D eigenvalue weighted by molar-refractivity contribution is 5.58. The summed E-state index contributed by atoms with van der Waals surface area (Å²) in [5.74, 6) is 3.91. The number of nitrogens with zero attached hydrogens (tertiary/aromatic N) is 3. The van der Waals surface area contributed by atoms with Gasteiger partial charge in [0.25, 0.3) is 0 Å². The van der Waals surface area contributed by atoms with Crippen molar-refractivity contribution in [3.63, 3.8) is 0 Å². The van der Waals surface area contributed by atoms with E-state index in [1.54, 1.807) is 12.1 Å². The van der Waals surface area contributed by atoms with E-state index in [9.17, 15) is 4.39 Å². The molecule has 3 N–H and O–H groups in total. The predicted molar refractivity (Wildman–Crippen MR) is 111 cm³/mol. The van der Waals surface area contributed by atoms with Crippen LogP contribution in [0.3, 0.4) is 0 Å². The minimum Gasteiger partial charge on any atom is -0.361 e. The lowest BCUT2D eigenvalue weighted by Crippen LogP contribution is -2.28. The van der Waals surface area contributed by atoms with E-state index >= 15 is 0 Å². The first-order valence-electron chi connectivity index (χ1n) is 10.2. The summed E-state index contributed by atoms with van der Waals surface area (Å²) in [6, 6.07) is 10.5. The van der Waals surface area contributed by atoms with Gasteiger partial charge in [-0.1, -0.05) is 12.1 Å². The molecule has 5 rings (SSSR count). The third-order valence-electron chi connectivity index (χ3n) is 5.56. The summed E-state index contributed by atoms with van der Waals surface area (Å²) in [4.78, 5) is 9.45. The Balaban J connectivity index is 1.40. The number of benzene rings is 1. The molecule has 2 aliphatic carbocycles. The Morgan fingerprint density at radius 2 is 1.62 bits per heavy atom. The third kappa shape index (κ3) is 4.09. The van der Waals surface area contributed by atoms with Crippen LogP contribution in [0.5, 0.6) is 0 Å². The van der Waals surface area contributed by atoms with Crippen molar-refractivity contribution in [3.05, 3.63) is 59.3 Å². The molecular formula is C22H25FN6. The molecule has 3 aromatic rings. The average Bonchev–Trinajstić information content (AvgIpc) is 3.60. The van der Waals surface area contributed by atoms with E-state index in [0.717, 1.165) is 41.7 Å². The Kier molecular flexibility index (Phi) is 4.26. The van der Waals surface area contributed by atoms with Gasteiger partial charge in [0, 0.05) is 29.7 Å². The van der Waals surface area contributed by atoms with Crippen LogP contribution in [-0.4, -0.2) is 20.2 Å². The van der Waals surface area contributed by atoms with Gasteiger partial charge in [0.1, 0.15) is 23.3 Å². The quantitative estimate of drug-likeness (QED) is 0.516. The zero-order valence-corrected chi connectivity index (χ0v) is 16.7. The lowest BCUT2D eigenvalue weighted by Gasteiger charge is -2.28. The zero-order chi connectivity index (χ0) is 20.0. The molecule has 2 aromatic heterocycles. The van der Waals surface area contributed by atoms with Crippen LogP contribution in [0.2, 0.25) is 0 Å². The van der Waals surface area contributed by atoms with Gasteiger partial charge < -0.3 is 10.6 Å². The van der Waals surface area contributed by atoms with Crippen molar-refractivity contribution in [2.45, 2.75) is 56.9 Å². The maximum absolute atomic E-state index is 13.3. The van der Waals surface area contributed by atoms with Gasteiger partial charge in [0.15, 0.2) is 5.82 Å². The fraction of sp³-hybridized carbons (Fsp3) is 0.409. The molecule has 7 heteroatoms. The first kappa shape index (κ1) is 18.1. The van der Waals surface area contributed by atoms with Crippen molar-refractivity contribution in [2.75, 3.05) is 10.6 Å². The van der Waals surface area contributed by atoms with Crippen LogP contribution in [0.4, 0.5) is 21.8 Å². The minimum atomic E-state index is -0.411. The molecule has 0 saturated heterocycles. The largest absolute Gasteiger partial charge is 0.361 e. The molecule has 29 heavy (non-hydrogen) atoms. The molecular weight excluding hydrogens is 367 g/mol. The smallest absolute Gasteiger partial charge is 0.153 e. The number of aromatic nitrogens is 4. The molecule has 1 aromatic carbocycles. The van der Waals surface area contributed by atoms with Crippen LogP contribution in [-0.2, 0) is 5.54 Å². The second-order valence-electron chi connectivity index (χ2n) is 8.64. The standard InChI is InChI=1S/C22H25FN6/c1-22(2,15-7-9-16(23)10-8-15)27-19-12-18(25-21(26-19)14-5-6-14)24-20-11-17(28-29-20)13-3-4-13/h7-14H,3-6H2,1-2H3,(H3,24,25,26,27,28,29). The van der Waals surface area contributed by atoms with Gasteiger partial charge in [-0.25, -0.2) is 14.4 Å². The normalized spacial score (nSPS) is 16.7. The van der Waals surface area contributed by atoms with Crippen molar-refractivity contribution in [2.24, 2.45) is 0 Å². The summed E-state index contributed by atoms with van der Waals surface area (Å²) in [5, 5.41) is 14.3. The minimum absolute atomic E-state index is 0.237. The van der Waals surface area contributed by atoms with E-state index < -0.39 is 5.54 Å². The van der Waals surface area contributed by atoms with Crippen molar-refractivity contribution in [3.8, 4) is 0 Å². The van der Waals surface area contributed by atoms with Crippen molar-refractivity contribution < 1.29 is 4.39 Å². The number of H-pyrrole nitrogens is 1. The molecule has 0 bridgehead atoms. The van der Waals surface area contributed by atoms with Gasteiger partial charge >= 0.3 is 0 Å². The Morgan fingerprint density at radius 3 is 2.31 bits per heavy atom. The molecule has 2 fully saturated rings. The van der Waals surface area contributed by atoms with E-state index in [2.05, 4.69) is 40.7 Å². The summed E-state index contributed by atoms with van der Waals surface area (Å²) in [6.45, 7) is 4.11. The SMILES string of the molecule is CC(C)(Nc1cc(Nc2cc(C3CC3)[nH]n2)nc(C2CC2)n1)c1ccc(F)cc1. The average molecular weight is 392 g/mol. The number of rotatable bonds is 7. The van der Waals surface area contributed by atoms with Crippen LogP contribution in [0, 0.1) is 5.82 Å². The highest BCUT2D eigenvalue weighted by atomic mass is 19.1. The number of anilines is 3. The van der Waals surface area contributed by atoms with Gasteiger partial charge in [-0.3, -0.25) is 5.10 Å². The van der Waals surface area contributed by atoms with E-state index in [-0.39, 0.29) is 5.82 Å². The molecule has 0 amide bonds. The Bertz CT molecular complexity index is 1020. The molecule has 0 radical (unpaired) electrons. The molecule has 2 heterocycles. The summed E-state index contributed by atoms with van der Waals surface area (Å²) in [6.07, 6.45) is 4.71. The molecule has 6 nitrogen and oxygen atoms in total. The van der Waals surface area contributed by atoms with E-state index in [0.29, 0.717) is 11.8 Å². The Morgan fingerprint density at radius 1 is 0.931 bits per heavy atom. The maximum Gasteiger partial charge on any atom is 0.153 e. The summed E-state index contributed by atoms with van der Waals surface area (Å²) < 4.78 is 13.3. The highest BCUT2D eigenvalue weighted by Gasteiger charge is 2.29. The zero-order valence-electron chi connectivity index (χ0n) is 16.7. The van der Waals surface area contributed by atoms with Gasteiger partial charge in [-0.2, -0.15) is 5.10 Å². The molecule has 0 unspecified atom stereocenters. The molecule has 0 spiro atoms. The number of hydrogen-bond acceptors (Lipinski definition) is 5. The Hall–Kier alpha value is -2.96. The predicted octanol–water partition coefficient (Wildman–Crippen LogP) is 5.18. The van der Waals surface area contributed by atoms with Gasteiger partial charge in [0.2, 0.25) is 0 Å². The molecule has 150 valence electrons. The summed E-state index contributed by atoms with van der Waals surface area (Å²) in [5.41, 5.74) is 1.76. The van der Waals surface area contributed by atoms with E-state index in [4.69, 9.17) is 9.97 Å². The molecule has 2 aliphatic rings. The lowest BCUT2D eigenvalue weighted by atomic mass is 9.94.